The molecule has 0 amide bonds. The minimum absolute atomic E-state index is 0.318. The minimum atomic E-state index is -0.552. The molecule has 0 atom stereocenters. The number of carbonyl (C=O) groups is 1. The van der Waals surface area contributed by atoms with Crippen LogP contribution in [0.4, 0.5) is 0 Å². The van der Waals surface area contributed by atoms with E-state index in [1.807, 2.05) is 20.8 Å². The first-order valence-corrected chi connectivity index (χ1v) is 7.75. The fourth-order valence-corrected chi connectivity index (χ4v) is 3.15. The van der Waals surface area contributed by atoms with Gasteiger partial charge in [-0.1, -0.05) is 0 Å². The zero-order chi connectivity index (χ0) is 15.2. The predicted octanol–water partition coefficient (Wildman–Crippen LogP) is 2.59. The van der Waals surface area contributed by atoms with Crippen LogP contribution in [0.15, 0.2) is 11.4 Å². The highest BCUT2D eigenvalue weighted by Crippen LogP contribution is 2.35. The zero-order valence-electron chi connectivity index (χ0n) is 12.7. The third-order valence-electron chi connectivity index (χ3n) is 3.12. The molecule has 1 saturated heterocycles. The quantitative estimate of drug-likeness (QED) is 0.824. The molecule has 2 rings (SSSR count). The highest BCUT2D eigenvalue weighted by atomic mass is 32.1. The van der Waals surface area contributed by atoms with E-state index in [9.17, 15) is 9.90 Å². The number of hydrogen-bond acceptors (Lipinski definition) is 5. The Morgan fingerprint density at radius 2 is 2.00 bits per heavy atom. The summed E-state index contributed by atoms with van der Waals surface area (Å²) in [5.74, 6) is 0. The Balaban J connectivity index is 0.000000246. The van der Waals surface area contributed by atoms with Gasteiger partial charge in [-0.25, -0.2) is 0 Å². The van der Waals surface area contributed by atoms with Gasteiger partial charge in [-0.05, 0) is 70.6 Å². The van der Waals surface area contributed by atoms with Gasteiger partial charge < -0.3 is 15.2 Å². The molecule has 0 saturated carbocycles. The van der Waals surface area contributed by atoms with E-state index in [-0.39, 0.29) is 5.60 Å². The van der Waals surface area contributed by atoms with Crippen molar-refractivity contribution < 1.29 is 14.6 Å². The molecule has 0 aromatic carbocycles. The maximum Gasteiger partial charge on any atom is 0.293 e. The van der Waals surface area contributed by atoms with E-state index in [1.165, 1.54) is 5.56 Å². The van der Waals surface area contributed by atoms with Crippen LogP contribution in [0.2, 0.25) is 0 Å². The van der Waals surface area contributed by atoms with Crippen molar-refractivity contribution in [3.05, 3.63) is 21.9 Å². The number of ether oxygens (including phenoxy) is 1. The van der Waals surface area contributed by atoms with Gasteiger partial charge in [0.05, 0.1) is 0 Å². The smallest absolute Gasteiger partial charge is 0.293 e. The van der Waals surface area contributed by atoms with Gasteiger partial charge in [0.2, 0.25) is 0 Å². The normalized spacial score (nSPS) is 17.9. The lowest BCUT2D eigenvalue weighted by Crippen LogP contribution is -2.39. The summed E-state index contributed by atoms with van der Waals surface area (Å²) in [6.45, 7) is 9.84. The molecule has 0 unspecified atom stereocenters. The van der Waals surface area contributed by atoms with E-state index in [0.29, 0.717) is 6.47 Å². The number of rotatable bonds is 2. The van der Waals surface area contributed by atoms with Crippen molar-refractivity contribution in [1.82, 2.24) is 5.32 Å². The number of aryl methyl sites for hydroxylation is 1. The van der Waals surface area contributed by atoms with Gasteiger partial charge >= 0.3 is 0 Å². The number of piperidine rings is 1. The molecule has 1 aromatic heterocycles. The number of carbonyl (C=O) groups excluding carboxylic acids is 1. The first-order valence-electron chi connectivity index (χ1n) is 6.88. The van der Waals surface area contributed by atoms with Crippen molar-refractivity contribution in [2.24, 2.45) is 0 Å². The Kier molecular flexibility index (Phi) is 6.17. The molecule has 1 aliphatic rings. The molecule has 4 nitrogen and oxygen atoms in total. The predicted molar refractivity (Wildman–Crippen MR) is 82.0 cm³/mol. The largest absolute Gasteiger partial charge is 0.462 e. The van der Waals surface area contributed by atoms with E-state index in [1.54, 1.807) is 11.3 Å². The molecule has 1 aliphatic heterocycles. The summed E-state index contributed by atoms with van der Waals surface area (Å²) in [5, 5.41) is 15.7. The molecule has 1 aromatic rings. The molecule has 0 aliphatic carbocycles. The molecule has 2 N–H and O–H groups in total. The van der Waals surface area contributed by atoms with Crippen LogP contribution in [0.1, 0.15) is 44.1 Å². The number of nitrogens with one attached hydrogen (secondary N) is 1. The average Bonchev–Trinajstić information content (AvgIpc) is 2.76. The first kappa shape index (κ1) is 17.1. The van der Waals surface area contributed by atoms with Crippen molar-refractivity contribution in [2.45, 2.75) is 51.7 Å². The second-order valence-corrected chi connectivity index (χ2v) is 6.96. The summed E-state index contributed by atoms with van der Waals surface area (Å²) >= 11 is 1.68. The third kappa shape index (κ3) is 5.23. The van der Waals surface area contributed by atoms with Crippen LogP contribution in [-0.4, -0.2) is 30.3 Å². The van der Waals surface area contributed by atoms with Crippen LogP contribution >= 0.6 is 11.3 Å². The lowest BCUT2D eigenvalue weighted by atomic mass is 9.89. The van der Waals surface area contributed by atoms with Crippen LogP contribution in [0.3, 0.4) is 0 Å². The zero-order valence-corrected chi connectivity index (χ0v) is 13.5. The standard InChI is InChI=1S/C10H15NOS.C5H10O2/c1-8-2-7-13-9(8)10(12)3-5-11-6-4-10;1-5(2,3)7-4-6/h2,7,11-12H,3-6H2,1H3;4H,1-3H3. The Labute approximate surface area is 125 Å². The van der Waals surface area contributed by atoms with E-state index < -0.39 is 5.60 Å². The van der Waals surface area contributed by atoms with Crippen molar-refractivity contribution in [2.75, 3.05) is 13.1 Å². The molecule has 5 heteroatoms. The number of aliphatic hydroxyl groups is 1. The molecular formula is C15H25NO3S. The van der Waals surface area contributed by atoms with Crippen molar-refractivity contribution in [1.29, 1.82) is 0 Å². The molecule has 2 heterocycles. The molecule has 0 radical (unpaired) electrons. The van der Waals surface area contributed by atoms with E-state index >= 15 is 0 Å². The van der Waals surface area contributed by atoms with Crippen molar-refractivity contribution in [3.8, 4) is 0 Å². The molecule has 114 valence electrons. The summed E-state index contributed by atoms with van der Waals surface area (Å²) in [7, 11) is 0. The van der Waals surface area contributed by atoms with E-state index in [0.717, 1.165) is 30.8 Å². The number of hydrogen-bond donors (Lipinski definition) is 2. The highest BCUT2D eigenvalue weighted by molar-refractivity contribution is 7.10. The summed E-state index contributed by atoms with van der Waals surface area (Å²) in [6.07, 6.45) is 1.68. The third-order valence-corrected chi connectivity index (χ3v) is 4.33. The topological polar surface area (TPSA) is 58.6 Å². The Morgan fingerprint density at radius 1 is 1.40 bits per heavy atom. The van der Waals surface area contributed by atoms with Gasteiger partial charge in [-0.15, -0.1) is 11.3 Å². The second kappa shape index (κ2) is 7.20. The van der Waals surface area contributed by atoms with Crippen LogP contribution in [0.25, 0.3) is 0 Å². The van der Waals surface area contributed by atoms with Crippen molar-refractivity contribution in [3.63, 3.8) is 0 Å². The first-order chi connectivity index (χ1) is 9.28. The van der Waals surface area contributed by atoms with Crippen molar-refractivity contribution >= 4 is 17.8 Å². The number of thiophene rings is 1. The molecule has 1 fully saturated rings. The van der Waals surface area contributed by atoms with Crippen LogP contribution < -0.4 is 5.32 Å². The molecule has 0 spiro atoms. The van der Waals surface area contributed by atoms with Gasteiger partial charge in [0, 0.05) is 4.88 Å². The monoisotopic (exact) mass is 299 g/mol. The molecule has 20 heavy (non-hydrogen) atoms. The van der Waals surface area contributed by atoms with Crippen LogP contribution in [0, 0.1) is 6.92 Å². The highest BCUT2D eigenvalue weighted by Gasteiger charge is 2.33. The van der Waals surface area contributed by atoms with Crippen LogP contribution in [-0.2, 0) is 15.1 Å². The molecule has 0 bridgehead atoms. The van der Waals surface area contributed by atoms with Gasteiger partial charge in [-0.2, -0.15) is 0 Å². The van der Waals surface area contributed by atoms with Crippen LogP contribution in [0.5, 0.6) is 0 Å². The maximum atomic E-state index is 10.4. The van der Waals surface area contributed by atoms with E-state index in [2.05, 4.69) is 28.4 Å². The minimum Gasteiger partial charge on any atom is -0.462 e. The van der Waals surface area contributed by atoms with Gasteiger partial charge in [-0.3, -0.25) is 4.79 Å². The second-order valence-electron chi connectivity index (χ2n) is 6.04. The van der Waals surface area contributed by atoms with Gasteiger partial charge in [0.15, 0.2) is 0 Å². The summed E-state index contributed by atoms with van der Waals surface area (Å²) < 4.78 is 4.55. The fourth-order valence-electron chi connectivity index (χ4n) is 2.06. The Hall–Kier alpha value is -0.910. The summed E-state index contributed by atoms with van der Waals surface area (Å²) in [4.78, 5) is 10.8. The molecular weight excluding hydrogens is 274 g/mol. The Morgan fingerprint density at radius 3 is 2.35 bits per heavy atom. The summed E-state index contributed by atoms with van der Waals surface area (Å²) in [5.41, 5.74) is 0.361. The summed E-state index contributed by atoms with van der Waals surface area (Å²) in [6, 6.07) is 2.08. The van der Waals surface area contributed by atoms with Gasteiger partial charge in [0.25, 0.3) is 6.47 Å². The fraction of sp³-hybridized carbons (Fsp3) is 0.667. The SMILES string of the molecule is CC(C)(C)OC=O.Cc1ccsc1C1(O)CCNCC1. The van der Waals surface area contributed by atoms with Gasteiger partial charge in [0.1, 0.15) is 11.2 Å². The lowest BCUT2D eigenvalue weighted by Gasteiger charge is -2.32. The average molecular weight is 299 g/mol. The Bertz CT molecular complexity index is 417. The van der Waals surface area contributed by atoms with E-state index in [4.69, 9.17) is 0 Å². The maximum absolute atomic E-state index is 10.4. The lowest BCUT2D eigenvalue weighted by molar-refractivity contribution is -0.138.